The minimum Gasteiger partial charge on any atom is -0.463 e. The minimum absolute atomic E-state index is 0.122. The van der Waals surface area contributed by atoms with E-state index in [0.29, 0.717) is 6.29 Å². The van der Waals surface area contributed by atoms with E-state index in [9.17, 15) is 19.2 Å². The quantitative estimate of drug-likeness (QED) is 0.194. The molecule has 0 heterocycles. The third-order valence-corrected chi connectivity index (χ3v) is 3.27. The lowest BCUT2D eigenvalue weighted by Crippen LogP contribution is -2.46. The average Bonchev–Trinajstić information content (AvgIpc) is 2.50. The van der Waals surface area contributed by atoms with E-state index in [0.717, 1.165) is 6.08 Å². The van der Waals surface area contributed by atoms with Gasteiger partial charge in [0.15, 0.2) is 5.41 Å². The smallest absolute Gasteiger partial charge is 0.330 e. The van der Waals surface area contributed by atoms with Gasteiger partial charge in [-0.3, -0.25) is 14.4 Å². The van der Waals surface area contributed by atoms with Crippen molar-refractivity contribution in [2.45, 2.75) is 72.5 Å². The zero-order valence-corrected chi connectivity index (χ0v) is 17.9. The molecule has 0 spiro atoms. The number of ether oxygens (including phenoxy) is 3. The van der Waals surface area contributed by atoms with Crippen LogP contribution in [0.2, 0.25) is 0 Å². The molecule has 7 heteroatoms. The van der Waals surface area contributed by atoms with Gasteiger partial charge in [-0.05, 0) is 67.4 Å². The van der Waals surface area contributed by atoms with E-state index in [-0.39, 0.29) is 19.4 Å². The fraction of sp³-hybridized carbons (Fsp3) is 0.619. The molecule has 0 aliphatic rings. The van der Waals surface area contributed by atoms with Gasteiger partial charge in [0.1, 0.15) is 17.5 Å². The third-order valence-electron chi connectivity index (χ3n) is 3.27. The number of hydrogen-bond donors (Lipinski definition) is 0. The van der Waals surface area contributed by atoms with Crippen molar-refractivity contribution in [1.82, 2.24) is 0 Å². The Kier molecular flexibility index (Phi) is 9.84. The van der Waals surface area contributed by atoms with Crippen LogP contribution in [0.15, 0.2) is 24.3 Å². The molecule has 158 valence electrons. The summed E-state index contributed by atoms with van der Waals surface area (Å²) in [5.74, 6) is -2.18. The molecule has 0 aliphatic carbocycles. The molecule has 0 N–H and O–H groups in total. The van der Waals surface area contributed by atoms with Crippen LogP contribution in [0.4, 0.5) is 0 Å². The molecule has 0 bridgehead atoms. The van der Waals surface area contributed by atoms with Crippen molar-refractivity contribution in [1.29, 1.82) is 0 Å². The number of esters is 3. The van der Waals surface area contributed by atoms with E-state index in [2.05, 4.69) is 0 Å². The second-order valence-corrected chi connectivity index (χ2v) is 8.21. The van der Waals surface area contributed by atoms with Gasteiger partial charge in [-0.15, -0.1) is 0 Å². The van der Waals surface area contributed by atoms with Crippen molar-refractivity contribution in [2.75, 3.05) is 6.61 Å². The largest absolute Gasteiger partial charge is 0.463 e. The molecule has 0 saturated carbocycles. The zero-order chi connectivity index (χ0) is 22.0. The first kappa shape index (κ1) is 25.6. The first-order valence-corrected chi connectivity index (χ1v) is 9.18. The summed E-state index contributed by atoms with van der Waals surface area (Å²) < 4.78 is 15.7. The number of carbonyl (C=O) groups is 4. The summed E-state index contributed by atoms with van der Waals surface area (Å²) in [5, 5.41) is 0. The highest BCUT2D eigenvalue weighted by atomic mass is 16.6. The maximum absolute atomic E-state index is 13.0. The number of hydrogen-bond acceptors (Lipinski definition) is 7. The molecule has 0 fully saturated rings. The summed E-state index contributed by atoms with van der Waals surface area (Å²) >= 11 is 0. The lowest BCUT2D eigenvalue weighted by atomic mass is 9.80. The lowest BCUT2D eigenvalue weighted by Gasteiger charge is -2.33. The van der Waals surface area contributed by atoms with E-state index in [1.165, 1.54) is 18.2 Å². The monoisotopic (exact) mass is 396 g/mol. The fourth-order valence-corrected chi connectivity index (χ4v) is 2.12. The van der Waals surface area contributed by atoms with Gasteiger partial charge in [-0.2, -0.15) is 0 Å². The van der Waals surface area contributed by atoms with Crippen LogP contribution in [-0.4, -0.2) is 42.0 Å². The maximum Gasteiger partial charge on any atom is 0.330 e. The molecule has 0 radical (unpaired) electrons. The highest BCUT2D eigenvalue weighted by molar-refractivity contribution is 6.01. The predicted octanol–water partition coefficient (Wildman–Crippen LogP) is 3.31. The van der Waals surface area contributed by atoms with E-state index in [1.807, 2.05) is 0 Å². The number of rotatable bonds is 9. The van der Waals surface area contributed by atoms with Crippen molar-refractivity contribution in [3.8, 4) is 0 Å². The van der Waals surface area contributed by atoms with Gasteiger partial charge < -0.3 is 14.2 Å². The first-order valence-electron chi connectivity index (χ1n) is 9.18. The summed E-state index contributed by atoms with van der Waals surface area (Å²) in [6.07, 6.45) is 5.39. The molecular weight excluding hydrogens is 364 g/mol. The zero-order valence-electron chi connectivity index (χ0n) is 17.9. The summed E-state index contributed by atoms with van der Waals surface area (Å²) in [6.45, 7) is 12.0. The van der Waals surface area contributed by atoms with Crippen LogP contribution in [-0.2, 0) is 33.4 Å². The van der Waals surface area contributed by atoms with Crippen molar-refractivity contribution >= 4 is 24.2 Å². The van der Waals surface area contributed by atoms with Gasteiger partial charge in [0.25, 0.3) is 0 Å². The van der Waals surface area contributed by atoms with E-state index < -0.39 is 34.5 Å². The Morgan fingerprint density at radius 2 is 1.29 bits per heavy atom. The molecule has 0 rings (SSSR count). The van der Waals surface area contributed by atoms with Crippen LogP contribution in [0, 0.1) is 5.41 Å². The molecule has 0 unspecified atom stereocenters. The van der Waals surface area contributed by atoms with Gasteiger partial charge in [0.05, 0.1) is 6.61 Å². The molecule has 0 atom stereocenters. The van der Waals surface area contributed by atoms with Gasteiger partial charge in [-0.1, -0.05) is 12.2 Å². The van der Waals surface area contributed by atoms with Crippen LogP contribution in [0.25, 0.3) is 0 Å². The maximum atomic E-state index is 13.0. The molecule has 0 amide bonds. The van der Waals surface area contributed by atoms with Crippen LogP contribution < -0.4 is 0 Å². The summed E-state index contributed by atoms with van der Waals surface area (Å²) in [5.41, 5.74) is -3.43. The molecule has 0 saturated heterocycles. The SMILES string of the molecule is CCOC(=O)/C=C/CC(C/C=C/C=O)(C(=O)OC(C)(C)C)C(=O)OC(C)(C)C. The Hall–Kier alpha value is -2.44. The molecule has 0 aromatic heterocycles. The van der Waals surface area contributed by atoms with Crippen molar-refractivity contribution < 1.29 is 33.4 Å². The number of aldehydes is 1. The van der Waals surface area contributed by atoms with Gasteiger partial charge in [0, 0.05) is 6.08 Å². The molecule has 7 nitrogen and oxygen atoms in total. The summed E-state index contributed by atoms with van der Waals surface area (Å²) in [6, 6.07) is 0. The Morgan fingerprint density at radius 1 is 0.821 bits per heavy atom. The highest BCUT2D eigenvalue weighted by Crippen LogP contribution is 2.35. The molecule has 0 aromatic carbocycles. The Bertz CT molecular complexity index is 588. The number of carbonyl (C=O) groups excluding carboxylic acids is 4. The summed E-state index contributed by atoms with van der Waals surface area (Å²) in [7, 11) is 0. The third kappa shape index (κ3) is 9.48. The van der Waals surface area contributed by atoms with Crippen LogP contribution in [0.3, 0.4) is 0 Å². The van der Waals surface area contributed by atoms with Crippen LogP contribution >= 0.6 is 0 Å². The van der Waals surface area contributed by atoms with Crippen molar-refractivity contribution in [3.05, 3.63) is 24.3 Å². The molecular formula is C21H32O7. The van der Waals surface area contributed by atoms with Crippen molar-refractivity contribution in [2.24, 2.45) is 5.41 Å². The Morgan fingerprint density at radius 3 is 1.68 bits per heavy atom. The Balaban J connectivity index is 6.05. The molecule has 28 heavy (non-hydrogen) atoms. The predicted molar refractivity (Wildman–Crippen MR) is 104 cm³/mol. The lowest BCUT2D eigenvalue weighted by molar-refractivity contribution is -0.185. The average molecular weight is 396 g/mol. The second kappa shape index (κ2) is 10.8. The van der Waals surface area contributed by atoms with Gasteiger partial charge in [0.2, 0.25) is 0 Å². The summed E-state index contributed by atoms with van der Waals surface area (Å²) in [4.78, 5) is 48.3. The van der Waals surface area contributed by atoms with Crippen LogP contribution in [0.1, 0.15) is 61.3 Å². The highest BCUT2D eigenvalue weighted by Gasteiger charge is 2.49. The first-order chi connectivity index (χ1) is 12.8. The Labute approximate surface area is 167 Å². The second-order valence-electron chi connectivity index (χ2n) is 8.21. The van der Waals surface area contributed by atoms with E-state index in [4.69, 9.17) is 14.2 Å². The topological polar surface area (TPSA) is 96.0 Å². The fourth-order valence-electron chi connectivity index (χ4n) is 2.12. The van der Waals surface area contributed by atoms with E-state index in [1.54, 1.807) is 48.5 Å². The van der Waals surface area contributed by atoms with Crippen LogP contribution in [0.5, 0.6) is 0 Å². The van der Waals surface area contributed by atoms with E-state index >= 15 is 0 Å². The van der Waals surface area contributed by atoms with Crippen molar-refractivity contribution in [3.63, 3.8) is 0 Å². The van der Waals surface area contributed by atoms with Gasteiger partial charge in [-0.25, -0.2) is 4.79 Å². The normalized spacial score (nSPS) is 12.8. The molecule has 0 aliphatic heterocycles. The van der Waals surface area contributed by atoms with Gasteiger partial charge >= 0.3 is 17.9 Å². The molecule has 0 aromatic rings. The standard InChI is InChI=1S/C21H32O7/c1-8-26-16(23)12-11-14-21(13-9-10-15-22,17(24)27-19(2,3)4)18(25)28-20(5,6)7/h9-12,15H,8,13-14H2,1-7H3/b10-9+,12-11+. The minimum atomic E-state index is -1.75. The number of allylic oxidation sites excluding steroid dienone is 3.